The molecule has 0 radical (unpaired) electrons. The van der Waals surface area contributed by atoms with Crippen LogP contribution in [-0.4, -0.2) is 18.6 Å². The summed E-state index contributed by atoms with van der Waals surface area (Å²) in [6.45, 7) is 3.59. The van der Waals surface area contributed by atoms with Gasteiger partial charge in [-0.05, 0) is 13.0 Å². The predicted molar refractivity (Wildman–Crippen MR) is 51.1 cm³/mol. The molecule has 0 fully saturated rings. The van der Waals surface area contributed by atoms with Crippen molar-refractivity contribution in [3.8, 4) is 0 Å². The molecule has 3 nitrogen and oxygen atoms in total. The lowest BCUT2D eigenvalue weighted by atomic mass is 10.2. The maximum Gasteiger partial charge on any atom is 0.132 e. The van der Waals surface area contributed by atoms with E-state index in [9.17, 15) is 0 Å². The molecular formula is C9H15N3. The van der Waals surface area contributed by atoms with Crippen molar-refractivity contribution in [1.29, 1.82) is 0 Å². The Morgan fingerprint density at radius 3 is 2.92 bits per heavy atom. The normalized spacial score (nSPS) is 9.92. The van der Waals surface area contributed by atoms with E-state index in [1.54, 1.807) is 6.20 Å². The Morgan fingerprint density at radius 2 is 2.33 bits per heavy atom. The summed E-state index contributed by atoms with van der Waals surface area (Å²) < 4.78 is 0. The van der Waals surface area contributed by atoms with Crippen molar-refractivity contribution < 1.29 is 0 Å². The molecule has 1 rings (SSSR count). The SMILES string of the molecule is CCN(C)c1ncccc1CN. The van der Waals surface area contributed by atoms with Crippen LogP contribution in [0.2, 0.25) is 0 Å². The fourth-order valence-corrected chi connectivity index (χ4v) is 1.08. The molecule has 0 saturated heterocycles. The van der Waals surface area contributed by atoms with Crippen LogP contribution in [0.4, 0.5) is 5.82 Å². The number of nitrogens with zero attached hydrogens (tertiary/aromatic N) is 2. The van der Waals surface area contributed by atoms with E-state index in [0.29, 0.717) is 6.54 Å². The van der Waals surface area contributed by atoms with Crippen molar-refractivity contribution in [3.05, 3.63) is 23.9 Å². The van der Waals surface area contributed by atoms with E-state index in [4.69, 9.17) is 5.73 Å². The Kier molecular flexibility index (Phi) is 3.05. The highest BCUT2D eigenvalue weighted by molar-refractivity contribution is 5.45. The number of hydrogen-bond acceptors (Lipinski definition) is 3. The Morgan fingerprint density at radius 1 is 1.58 bits per heavy atom. The van der Waals surface area contributed by atoms with Crippen molar-refractivity contribution in [2.45, 2.75) is 13.5 Å². The summed E-state index contributed by atoms with van der Waals surface area (Å²) in [5.41, 5.74) is 6.68. The van der Waals surface area contributed by atoms with Gasteiger partial charge in [0, 0.05) is 31.9 Å². The van der Waals surface area contributed by atoms with Crippen LogP contribution in [0.15, 0.2) is 18.3 Å². The minimum atomic E-state index is 0.549. The van der Waals surface area contributed by atoms with Crippen LogP contribution in [0.5, 0.6) is 0 Å². The van der Waals surface area contributed by atoms with Crippen LogP contribution in [0.3, 0.4) is 0 Å². The number of pyridine rings is 1. The van der Waals surface area contributed by atoms with Crippen LogP contribution >= 0.6 is 0 Å². The molecule has 0 unspecified atom stereocenters. The fourth-order valence-electron chi connectivity index (χ4n) is 1.08. The predicted octanol–water partition coefficient (Wildman–Crippen LogP) is 0.996. The van der Waals surface area contributed by atoms with E-state index in [1.165, 1.54) is 0 Å². The Hall–Kier alpha value is -1.09. The van der Waals surface area contributed by atoms with Gasteiger partial charge in [-0.15, -0.1) is 0 Å². The molecule has 0 spiro atoms. The van der Waals surface area contributed by atoms with Crippen molar-refractivity contribution in [2.24, 2.45) is 5.73 Å². The largest absolute Gasteiger partial charge is 0.360 e. The van der Waals surface area contributed by atoms with E-state index in [2.05, 4.69) is 16.8 Å². The zero-order valence-electron chi connectivity index (χ0n) is 7.62. The number of nitrogens with two attached hydrogens (primary N) is 1. The third kappa shape index (κ3) is 1.74. The summed E-state index contributed by atoms with van der Waals surface area (Å²) in [7, 11) is 2.02. The molecule has 0 bridgehead atoms. The van der Waals surface area contributed by atoms with Crippen molar-refractivity contribution >= 4 is 5.82 Å². The first-order valence-electron chi connectivity index (χ1n) is 4.14. The summed E-state index contributed by atoms with van der Waals surface area (Å²) in [6, 6.07) is 3.92. The monoisotopic (exact) mass is 165 g/mol. The topological polar surface area (TPSA) is 42.2 Å². The maximum atomic E-state index is 5.58. The minimum Gasteiger partial charge on any atom is -0.360 e. The summed E-state index contributed by atoms with van der Waals surface area (Å²) in [4.78, 5) is 6.35. The number of aromatic nitrogens is 1. The molecule has 66 valence electrons. The van der Waals surface area contributed by atoms with Gasteiger partial charge >= 0.3 is 0 Å². The van der Waals surface area contributed by atoms with Crippen molar-refractivity contribution in [2.75, 3.05) is 18.5 Å². The van der Waals surface area contributed by atoms with E-state index >= 15 is 0 Å². The summed E-state index contributed by atoms with van der Waals surface area (Å²) >= 11 is 0. The zero-order chi connectivity index (χ0) is 8.97. The van der Waals surface area contributed by atoms with Gasteiger partial charge in [-0.2, -0.15) is 0 Å². The molecule has 0 saturated carbocycles. The van der Waals surface area contributed by atoms with Gasteiger partial charge < -0.3 is 10.6 Å². The highest BCUT2D eigenvalue weighted by Gasteiger charge is 2.03. The smallest absolute Gasteiger partial charge is 0.132 e. The summed E-state index contributed by atoms with van der Waals surface area (Å²) in [6.07, 6.45) is 1.79. The summed E-state index contributed by atoms with van der Waals surface area (Å²) in [5, 5.41) is 0. The molecule has 1 heterocycles. The third-order valence-corrected chi connectivity index (χ3v) is 1.92. The van der Waals surface area contributed by atoms with E-state index in [0.717, 1.165) is 17.9 Å². The number of hydrogen-bond donors (Lipinski definition) is 1. The molecule has 1 aromatic heterocycles. The minimum absolute atomic E-state index is 0.549. The molecule has 0 aliphatic heterocycles. The molecule has 1 aromatic rings. The Labute approximate surface area is 73.2 Å². The van der Waals surface area contributed by atoms with Crippen molar-refractivity contribution in [1.82, 2.24) is 4.98 Å². The van der Waals surface area contributed by atoms with Gasteiger partial charge in [-0.1, -0.05) is 6.07 Å². The molecule has 0 amide bonds. The second-order valence-corrected chi connectivity index (χ2v) is 2.70. The molecule has 0 aliphatic carbocycles. The van der Waals surface area contributed by atoms with Gasteiger partial charge in [0.1, 0.15) is 5.82 Å². The van der Waals surface area contributed by atoms with Crippen LogP contribution in [0.25, 0.3) is 0 Å². The summed E-state index contributed by atoms with van der Waals surface area (Å²) in [5.74, 6) is 0.988. The number of rotatable bonds is 3. The van der Waals surface area contributed by atoms with Gasteiger partial charge in [0.2, 0.25) is 0 Å². The standard InChI is InChI=1S/C9H15N3/c1-3-12(2)9-8(7-10)5-4-6-11-9/h4-6H,3,7,10H2,1-2H3. The second-order valence-electron chi connectivity index (χ2n) is 2.70. The molecule has 2 N–H and O–H groups in total. The first-order chi connectivity index (χ1) is 5.79. The average molecular weight is 165 g/mol. The molecular weight excluding hydrogens is 150 g/mol. The maximum absolute atomic E-state index is 5.58. The Balaban J connectivity index is 2.96. The lowest BCUT2D eigenvalue weighted by molar-refractivity contribution is 0.909. The van der Waals surface area contributed by atoms with Gasteiger partial charge in [-0.25, -0.2) is 4.98 Å². The van der Waals surface area contributed by atoms with Gasteiger partial charge in [0.25, 0.3) is 0 Å². The number of anilines is 1. The molecule has 0 aromatic carbocycles. The van der Waals surface area contributed by atoms with Gasteiger partial charge in [0.05, 0.1) is 0 Å². The van der Waals surface area contributed by atoms with Gasteiger partial charge in [0.15, 0.2) is 0 Å². The highest BCUT2D eigenvalue weighted by Crippen LogP contribution is 2.13. The zero-order valence-corrected chi connectivity index (χ0v) is 7.62. The third-order valence-electron chi connectivity index (χ3n) is 1.92. The van der Waals surface area contributed by atoms with Crippen molar-refractivity contribution in [3.63, 3.8) is 0 Å². The molecule has 0 aliphatic rings. The van der Waals surface area contributed by atoms with E-state index in [1.807, 2.05) is 19.2 Å². The molecule has 3 heteroatoms. The lowest BCUT2D eigenvalue weighted by Crippen LogP contribution is -2.19. The molecule has 0 atom stereocenters. The first-order valence-corrected chi connectivity index (χ1v) is 4.14. The Bertz CT molecular complexity index is 247. The fraction of sp³-hybridized carbons (Fsp3) is 0.444. The van der Waals surface area contributed by atoms with Crippen LogP contribution < -0.4 is 10.6 Å². The highest BCUT2D eigenvalue weighted by atomic mass is 15.2. The van der Waals surface area contributed by atoms with Crippen LogP contribution in [-0.2, 0) is 6.54 Å². The first kappa shape index (κ1) is 9.00. The second kappa shape index (κ2) is 4.07. The quantitative estimate of drug-likeness (QED) is 0.726. The van der Waals surface area contributed by atoms with Gasteiger partial charge in [-0.3, -0.25) is 0 Å². The average Bonchev–Trinajstić information content (AvgIpc) is 2.16. The van der Waals surface area contributed by atoms with E-state index in [-0.39, 0.29) is 0 Å². The molecule has 12 heavy (non-hydrogen) atoms. The van der Waals surface area contributed by atoms with Crippen LogP contribution in [0, 0.1) is 0 Å². The van der Waals surface area contributed by atoms with E-state index < -0.39 is 0 Å². The lowest BCUT2D eigenvalue weighted by Gasteiger charge is -2.18. The van der Waals surface area contributed by atoms with Crippen LogP contribution in [0.1, 0.15) is 12.5 Å².